The molecule has 0 radical (unpaired) electrons. The molecule has 1 aromatic rings. The number of halogens is 2. The minimum Gasteiger partial charge on any atom is -0.350 e. The van der Waals surface area contributed by atoms with Gasteiger partial charge in [-0.05, 0) is 25.0 Å². The van der Waals surface area contributed by atoms with Crippen molar-refractivity contribution < 1.29 is 23.1 Å². The van der Waals surface area contributed by atoms with Gasteiger partial charge in [0.1, 0.15) is 11.6 Å². The molecule has 0 unspecified atom stereocenters. The van der Waals surface area contributed by atoms with Gasteiger partial charge in [0.25, 0.3) is 5.91 Å². The van der Waals surface area contributed by atoms with Crippen LogP contribution in [0.25, 0.3) is 0 Å². The highest BCUT2D eigenvalue weighted by Gasteiger charge is 2.18. The zero-order chi connectivity index (χ0) is 13.0. The molecular weight excluding hydrogens is 244 g/mol. The van der Waals surface area contributed by atoms with E-state index in [9.17, 15) is 13.6 Å². The number of hydroxylamine groups is 1. The molecule has 0 bridgehead atoms. The first-order valence-corrected chi connectivity index (χ1v) is 5.69. The zero-order valence-electron chi connectivity index (χ0n) is 9.62. The number of hydrogen-bond acceptors (Lipinski definition) is 3. The summed E-state index contributed by atoms with van der Waals surface area (Å²) >= 11 is 0. The van der Waals surface area contributed by atoms with Crippen LogP contribution in [0.4, 0.5) is 8.78 Å². The Bertz CT molecular complexity index is 433. The van der Waals surface area contributed by atoms with Crippen molar-refractivity contribution in [3.05, 3.63) is 35.4 Å². The highest BCUT2D eigenvalue weighted by Crippen LogP contribution is 2.13. The Balaban J connectivity index is 1.90. The van der Waals surface area contributed by atoms with E-state index < -0.39 is 23.8 Å². The van der Waals surface area contributed by atoms with Crippen molar-refractivity contribution in [3.8, 4) is 0 Å². The van der Waals surface area contributed by atoms with Crippen molar-refractivity contribution in [2.24, 2.45) is 0 Å². The van der Waals surface area contributed by atoms with Crippen LogP contribution < -0.4 is 5.48 Å². The molecule has 0 spiro atoms. The number of ether oxygens (including phenoxy) is 1. The normalized spacial score (nSPS) is 19.6. The van der Waals surface area contributed by atoms with Crippen LogP contribution in [-0.4, -0.2) is 18.8 Å². The predicted octanol–water partition coefficient (Wildman–Crippen LogP) is 2.15. The minimum absolute atomic E-state index is 0.271. The van der Waals surface area contributed by atoms with Gasteiger partial charge in [0, 0.05) is 19.1 Å². The Labute approximate surface area is 103 Å². The lowest BCUT2D eigenvalue weighted by Crippen LogP contribution is -2.33. The highest BCUT2D eigenvalue weighted by atomic mass is 19.1. The molecule has 1 atom stereocenters. The molecule has 1 heterocycles. The van der Waals surface area contributed by atoms with E-state index in [1.54, 1.807) is 0 Å². The van der Waals surface area contributed by atoms with Gasteiger partial charge in [-0.1, -0.05) is 0 Å². The third kappa shape index (κ3) is 3.24. The average molecular weight is 257 g/mol. The highest BCUT2D eigenvalue weighted by molar-refractivity contribution is 5.93. The number of nitrogens with one attached hydrogen (secondary N) is 1. The van der Waals surface area contributed by atoms with Crippen molar-refractivity contribution in [3.63, 3.8) is 0 Å². The SMILES string of the molecule is O=C(NO[C@H]1CCCCO1)c1ccc(F)cc1F. The quantitative estimate of drug-likeness (QED) is 0.844. The summed E-state index contributed by atoms with van der Waals surface area (Å²) in [6, 6.07) is 2.71. The molecule has 1 fully saturated rings. The second-order valence-electron chi connectivity index (χ2n) is 3.97. The first kappa shape index (κ1) is 12.9. The van der Waals surface area contributed by atoms with E-state index >= 15 is 0 Å². The molecule has 1 aliphatic heterocycles. The second kappa shape index (κ2) is 5.88. The van der Waals surface area contributed by atoms with Crippen molar-refractivity contribution in [2.75, 3.05) is 6.61 Å². The number of hydrogen-bond donors (Lipinski definition) is 1. The van der Waals surface area contributed by atoms with Gasteiger partial charge in [0.2, 0.25) is 0 Å². The molecular formula is C12H13F2NO3. The molecule has 2 rings (SSSR count). The fraction of sp³-hybridized carbons (Fsp3) is 0.417. The third-order valence-corrected chi connectivity index (χ3v) is 2.60. The van der Waals surface area contributed by atoms with Gasteiger partial charge in [-0.2, -0.15) is 0 Å². The molecule has 1 saturated heterocycles. The lowest BCUT2D eigenvalue weighted by molar-refractivity contribution is -0.186. The van der Waals surface area contributed by atoms with Gasteiger partial charge >= 0.3 is 0 Å². The summed E-state index contributed by atoms with van der Waals surface area (Å²) in [6.45, 7) is 0.575. The van der Waals surface area contributed by atoms with Crippen LogP contribution in [0.3, 0.4) is 0 Å². The molecule has 1 aliphatic rings. The van der Waals surface area contributed by atoms with Gasteiger partial charge in [-0.3, -0.25) is 4.79 Å². The predicted molar refractivity (Wildman–Crippen MR) is 58.5 cm³/mol. The van der Waals surface area contributed by atoms with Gasteiger partial charge in [0.05, 0.1) is 5.56 Å². The summed E-state index contributed by atoms with van der Waals surface area (Å²) < 4.78 is 31.2. The van der Waals surface area contributed by atoms with E-state index in [0.717, 1.165) is 25.0 Å². The summed E-state index contributed by atoms with van der Waals surface area (Å²) in [7, 11) is 0. The molecule has 0 aliphatic carbocycles. The summed E-state index contributed by atoms with van der Waals surface area (Å²) in [4.78, 5) is 16.6. The number of benzene rings is 1. The van der Waals surface area contributed by atoms with Gasteiger partial charge in [-0.25, -0.2) is 19.1 Å². The van der Waals surface area contributed by atoms with Crippen LogP contribution >= 0.6 is 0 Å². The average Bonchev–Trinajstić information content (AvgIpc) is 2.37. The third-order valence-electron chi connectivity index (χ3n) is 2.60. The van der Waals surface area contributed by atoms with Crippen LogP contribution in [0, 0.1) is 11.6 Å². The smallest absolute Gasteiger partial charge is 0.277 e. The van der Waals surface area contributed by atoms with Crippen LogP contribution in [0.1, 0.15) is 29.6 Å². The molecule has 0 saturated carbocycles. The first-order valence-electron chi connectivity index (χ1n) is 5.69. The lowest BCUT2D eigenvalue weighted by Gasteiger charge is -2.22. The maximum Gasteiger partial charge on any atom is 0.277 e. The monoisotopic (exact) mass is 257 g/mol. The van der Waals surface area contributed by atoms with Gasteiger partial charge in [-0.15, -0.1) is 0 Å². The van der Waals surface area contributed by atoms with Crippen LogP contribution in [0.2, 0.25) is 0 Å². The van der Waals surface area contributed by atoms with E-state index in [2.05, 4.69) is 5.48 Å². The fourth-order valence-corrected chi connectivity index (χ4v) is 1.65. The molecule has 1 amide bonds. The molecule has 1 aromatic carbocycles. The van der Waals surface area contributed by atoms with Gasteiger partial charge in [0.15, 0.2) is 6.29 Å². The molecule has 18 heavy (non-hydrogen) atoms. The molecule has 0 aromatic heterocycles. The summed E-state index contributed by atoms with van der Waals surface area (Å²) in [5.74, 6) is -2.43. The number of amides is 1. The molecule has 1 N–H and O–H groups in total. The largest absolute Gasteiger partial charge is 0.350 e. The Morgan fingerprint density at radius 3 is 2.89 bits per heavy atom. The van der Waals surface area contributed by atoms with Crippen molar-refractivity contribution in [1.29, 1.82) is 0 Å². The summed E-state index contributed by atoms with van der Waals surface area (Å²) in [5.41, 5.74) is 1.83. The Hall–Kier alpha value is -1.53. The maximum absolute atomic E-state index is 13.3. The van der Waals surface area contributed by atoms with Crippen LogP contribution in [0.15, 0.2) is 18.2 Å². The lowest BCUT2D eigenvalue weighted by atomic mass is 10.2. The van der Waals surface area contributed by atoms with Crippen molar-refractivity contribution >= 4 is 5.91 Å². The Morgan fingerprint density at radius 2 is 2.22 bits per heavy atom. The van der Waals surface area contributed by atoms with Crippen LogP contribution in [-0.2, 0) is 9.57 Å². The van der Waals surface area contributed by atoms with Crippen LogP contribution in [0.5, 0.6) is 0 Å². The molecule has 98 valence electrons. The molecule has 6 heteroatoms. The number of carbonyl (C=O) groups is 1. The standard InChI is InChI=1S/C12H13F2NO3/c13-8-4-5-9(10(14)7-8)12(16)15-18-11-3-1-2-6-17-11/h4-5,7,11H,1-3,6H2,(H,15,16)/t11-/m0/s1. The number of carbonyl (C=O) groups excluding carboxylic acids is 1. The minimum atomic E-state index is -0.930. The second-order valence-corrected chi connectivity index (χ2v) is 3.97. The van der Waals surface area contributed by atoms with E-state index in [0.29, 0.717) is 19.1 Å². The Kier molecular flexibility index (Phi) is 4.22. The fourth-order valence-electron chi connectivity index (χ4n) is 1.65. The van der Waals surface area contributed by atoms with E-state index in [-0.39, 0.29) is 5.56 Å². The summed E-state index contributed by atoms with van der Waals surface area (Å²) in [5, 5.41) is 0. The summed E-state index contributed by atoms with van der Waals surface area (Å²) in [6.07, 6.45) is 2.07. The van der Waals surface area contributed by atoms with E-state index in [4.69, 9.17) is 9.57 Å². The topological polar surface area (TPSA) is 47.6 Å². The number of rotatable bonds is 3. The maximum atomic E-state index is 13.3. The zero-order valence-corrected chi connectivity index (χ0v) is 9.62. The van der Waals surface area contributed by atoms with E-state index in [1.807, 2.05) is 0 Å². The first-order chi connectivity index (χ1) is 8.66. The molecule has 4 nitrogen and oxygen atoms in total. The van der Waals surface area contributed by atoms with Crippen molar-refractivity contribution in [2.45, 2.75) is 25.6 Å². The van der Waals surface area contributed by atoms with E-state index in [1.165, 1.54) is 0 Å². The van der Waals surface area contributed by atoms with Crippen molar-refractivity contribution in [1.82, 2.24) is 5.48 Å². The van der Waals surface area contributed by atoms with Gasteiger partial charge < -0.3 is 4.74 Å². The Morgan fingerprint density at radius 1 is 1.39 bits per heavy atom.